The van der Waals surface area contributed by atoms with Crippen LogP contribution in [-0.4, -0.2) is 31.1 Å². The van der Waals surface area contributed by atoms with Gasteiger partial charge in [0.15, 0.2) is 0 Å². The Morgan fingerprint density at radius 2 is 1.77 bits per heavy atom. The normalized spacial score (nSPS) is 23.7. The molecule has 1 aromatic heterocycles. The summed E-state index contributed by atoms with van der Waals surface area (Å²) in [6.45, 7) is 5.60. The number of fused-ring (bicyclic) bond motifs is 2. The number of nitrogens with one attached hydrogen (secondary N) is 1. The van der Waals surface area contributed by atoms with Gasteiger partial charge in [-0.25, -0.2) is 9.59 Å². The van der Waals surface area contributed by atoms with E-state index in [9.17, 15) is 14.4 Å². The zero-order valence-electron chi connectivity index (χ0n) is 15.4. The first kappa shape index (κ1) is 18.9. The van der Waals surface area contributed by atoms with E-state index in [1.54, 1.807) is 20.8 Å². The van der Waals surface area contributed by atoms with Crippen LogP contribution in [0.25, 0.3) is 0 Å². The van der Waals surface area contributed by atoms with Crippen molar-refractivity contribution in [2.75, 3.05) is 18.5 Å². The Morgan fingerprint density at radius 1 is 1.08 bits per heavy atom. The van der Waals surface area contributed by atoms with E-state index in [0.717, 1.165) is 30.6 Å². The minimum Gasteiger partial charge on any atom is -0.462 e. The zero-order chi connectivity index (χ0) is 18.8. The summed E-state index contributed by atoms with van der Waals surface area (Å²) in [7, 11) is 0. The van der Waals surface area contributed by atoms with Crippen LogP contribution in [-0.2, 0) is 14.3 Å². The number of ether oxygens (including phenoxy) is 2. The van der Waals surface area contributed by atoms with Crippen LogP contribution in [0.1, 0.15) is 65.1 Å². The van der Waals surface area contributed by atoms with Gasteiger partial charge in [0.1, 0.15) is 9.88 Å². The van der Waals surface area contributed by atoms with Crippen molar-refractivity contribution in [3.05, 3.63) is 16.0 Å². The molecule has 6 nitrogen and oxygen atoms in total. The Bertz CT molecular complexity index is 726. The summed E-state index contributed by atoms with van der Waals surface area (Å²) in [5.41, 5.74) is 0.756. The number of carbonyl (C=O) groups is 3. The van der Waals surface area contributed by atoms with Gasteiger partial charge >= 0.3 is 11.9 Å². The van der Waals surface area contributed by atoms with Crippen molar-refractivity contribution < 1.29 is 23.9 Å². The Kier molecular flexibility index (Phi) is 5.65. The number of thiophene rings is 1. The van der Waals surface area contributed by atoms with Gasteiger partial charge in [-0.05, 0) is 57.4 Å². The van der Waals surface area contributed by atoms with Gasteiger partial charge in [-0.2, -0.15) is 0 Å². The van der Waals surface area contributed by atoms with Gasteiger partial charge in [-0.15, -0.1) is 11.3 Å². The number of esters is 2. The lowest BCUT2D eigenvalue weighted by atomic mass is 9.88. The summed E-state index contributed by atoms with van der Waals surface area (Å²) in [5, 5.41) is 3.29. The molecule has 0 aromatic carbocycles. The van der Waals surface area contributed by atoms with E-state index >= 15 is 0 Å². The maximum atomic E-state index is 12.8. The predicted molar refractivity (Wildman–Crippen MR) is 98.5 cm³/mol. The molecule has 2 aliphatic rings. The molecule has 0 aliphatic heterocycles. The first-order valence-electron chi connectivity index (χ1n) is 9.24. The van der Waals surface area contributed by atoms with E-state index in [2.05, 4.69) is 5.32 Å². The van der Waals surface area contributed by atoms with Gasteiger partial charge in [0.05, 0.1) is 18.8 Å². The quantitative estimate of drug-likeness (QED) is 0.761. The van der Waals surface area contributed by atoms with Gasteiger partial charge in [-0.1, -0.05) is 6.42 Å². The van der Waals surface area contributed by atoms with E-state index in [-0.39, 0.29) is 30.6 Å². The molecule has 0 unspecified atom stereocenters. The molecule has 3 atom stereocenters. The standard InChI is InChI=1S/C19H25NO5S/c1-4-24-18(22)14-10(3)15(19(23)25-5-2)26-17(14)20-16(21)13-9-11-6-7-12(13)8-11/h11-13H,4-9H2,1-3H3,(H,20,21)/t11-,12+,13-/m1/s1. The zero-order valence-corrected chi connectivity index (χ0v) is 16.2. The van der Waals surface area contributed by atoms with Crippen molar-refractivity contribution in [1.82, 2.24) is 0 Å². The van der Waals surface area contributed by atoms with E-state index in [4.69, 9.17) is 9.47 Å². The average Bonchev–Trinajstić information content (AvgIpc) is 3.29. The van der Waals surface area contributed by atoms with Crippen LogP contribution in [0.3, 0.4) is 0 Å². The van der Waals surface area contributed by atoms with E-state index in [1.807, 2.05) is 0 Å². The molecule has 1 amide bonds. The van der Waals surface area contributed by atoms with E-state index in [0.29, 0.717) is 27.3 Å². The summed E-state index contributed by atoms with van der Waals surface area (Å²) < 4.78 is 10.2. The van der Waals surface area contributed by atoms with Crippen LogP contribution < -0.4 is 5.32 Å². The summed E-state index contributed by atoms with van der Waals surface area (Å²) in [5.74, 6) is 0.0229. The molecule has 3 rings (SSSR count). The second-order valence-corrected chi connectivity index (χ2v) is 7.99. The molecule has 7 heteroatoms. The van der Waals surface area contributed by atoms with Crippen LogP contribution >= 0.6 is 11.3 Å². The second kappa shape index (κ2) is 7.78. The number of hydrogen-bond acceptors (Lipinski definition) is 6. The number of amides is 1. The third-order valence-electron chi connectivity index (χ3n) is 5.40. The fourth-order valence-corrected chi connectivity index (χ4v) is 5.30. The molecule has 2 saturated carbocycles. The van der Waals surface area contributed by atoms with Gasteiger partial charge in [0.25, 0.3) is 0 Å². The van der Waals surface area contributed by atoms with E-state index < -0.39 is 11.9 Å². The molecule has 26 heavy (non-hydrogen) atoms. The smallest absolute Gasteiger partial charge is 0.348 e. The number of rotatable bonds is 6. The molecule has 2 fully saturated rings. The van der Waals surface area contributed by atoms with Crippen LogP contribution in [0.5, 0.6) is 0 Å². The number of anilines is 1. The molecule has 2 aliphatic carbocycles. The Morgan fingerprint density at radius 3 is 2.35 bits per heavy atom. The Balaban J connectivity index is 1.86. The molecular formula is C19H25NO5S. The molecule has 1 N–H and O–H groups in total. The third kappa shape index (κ3) is 3.49. The van der Waals surface area contributed by atoms with Crippen molar-refractivity contribution in [2.24, 2.45) is 17.8 Å². The summed E-state index contributed by atoms with van der Waals surface area (Å²) in [4.78, 5) is 37.7. The highest BCUT2D eigenvalue weighted by Gasteiger charge is 2.43. The molecule has 1 aromatic rings. The van der Waals surface area contributed by atoms with Crippen molar-refractivity contribution >= 4 is 34.2 Å². The minimum absolute atomic E-state index is 0.00255. The predicted octanol–water partition coefficient (Wildman–Crippen LogP) is 3.78. The molecule has 0 spiro atoms. The molecule has 0 saturated heterocycles. The minimum atomic E-state index is -0.528. The Labute approximate surface area is 157 Å². The highest BCUT2D eigenvalue weighted by Crippen LogP contribution is 2.49. The SMILES string of the molecule is CCOC(=O)c1sc(NC(=O)[C@@H]2C[C@@H]3CC[C@H]2C3)c(C(=O)OCC)c1C. The van der Waals surface area contributed by atoms with E-state index in [1.165, 1.54) is 6.42 Å². The highest BCUT2D eigenvalue weighted by atomic mass is 32.1. The summed E-state index contributed by atoms with van der Waals surface area (Å²) in [6.07, 6.45) is 4.36. The molecule has 142 valence electrons. The maximum absolute atomic E-state index is 12.8. The lowest BCUT2D eigenvalue weighted by Gasteiger charge is -2.20. The topological polar surface area (TPSA) is 81.7 Å². The first-order valence-corrected chi connectivity index (χ1v) is 10.1. The van der Waals surface area contributed by atoms with Crippen LogP contribution in [0, 0.1) is 24.7 Å². The average molecular weight is 379 g/mol. The lowest BCUT2D eigenvalue weighted by molar-refractivity contribution is -0.121. The maximum Gasteiger partial charge on any atom is 0.348 e. The van der Waals surface area contributed by atoms with Gasteiger partial charge in [0, 0.05) is 5.92 Å². The fourth-order valence-electron chi connectivity index (χ4n) is 4.21. The largest absolute Gasteiger partial charge is 0.462 e. The van der Waals surface area contributed by atoms with Crippen molar-refractivity contribution in [3.8, 4) is 0 Å². The monoisotopic (exact) mass is 379 g/mol. The van der Waals surface area contributed by atoms with Gasteiger partial charge < -0.3 is 14.8 Å². The molecule has 0 radical (unpaired) electrons. The fraction of sp³-hybridized carbons (Fsp3) is 0.632. The van der Waals surface area contributed by atoms with Crippen molar-refractivity contribution in [1.29, 1.82) is 0 Å². The van der Waals surface area contributed by atoms with Gasteiger partial charge in [0.2, 0.25) is 5.91 Å². The summed E-state index contributed by atoms with van der Waals surface area (Å²) in [6, 6.07) is 0. The van der Waals surface area contributed by atoms with Crippen molar-refractivity contribution in [2.45, 2.75) is 46.5 Å². The molecular weight excluding hydrogens is 354 g/mol. The first-order chi connectivity index (χ1) is 12.5. The summed E-state index contributed by atoms with van der Waals surface area (Å²) >= 11 is 1.09. The highest BCUT2D eigenvalue weighted by molar-refractivity contribution is 7.18. The lowest BCUT2D eigenvalue weighted by Crippen LogP contribution is -2.27. The third-order valence-corrected chi connectivity index (χ3v) is 6.59. The number of carbonyl (C=O) groups excluding carboxylic acids is 3. The van der Waals surface area contributed by atoms with Crippen LogP contribution in [0.15, 0.2) is 0 Å². The Hall–Kier alpha value is -1.89. The second-order valence-electron chi connectivity index (χ2n) is 6.97. The number of hydrogen-bond donors (Lipinski definition) is 1. The van der Waals surface area contributed by atoms with Crippen LogP contribution in [0.4, 0.5) is 5.00 Å². The van der Waals surface area contributed by atoms with Crippen LogP contribution in [0.2, 0.25) is 0 Å². The molecule has 2 bridgehead atoms. The molecule has 1 heterocycles. The van der Waals surface area contributed by atoms with Gasteiger partial charge in [-0.3, -0.25) is 4.79 Å². The van der Waals surface area contributed by atoms with Crippen molar-refractivity contribution in [3.63, 3.8) is 0 Å².